The summed E-state index contributed by atoms with van der Waals surface area (Å²) in [5.74, 6) is -0.334. The van der Waals surface area contributed by atoms with E-state index in [-0.39, 0.29) is 11.7 Å². The minimum atomic E-state index is -0.713. The van der Waals surface area contributed by atoms with Crippen LogP contribution in [0.4, 0.5) is 15.8 Å². The lowest BCUT2D eigenvalue weighted by atomic mass is 9.96. The molecular formula is C13H18FN3O. The van der Waals surface area contributed by atoms with Crippen molar-refractivity contribution in [1.29, 1.82) is 0 Å². The Kier molecular flexibility index (Phi) is 2.92. The molecular weight excluding hydrogens is 233 g/mol. The Morgan fingerprint density at radius 3 is 2.67 bits per heavy atom. The summed E-state index contributed by atoms with van der Waals surface area (Å²) >= 11 is 0. The fourth-order valence-corrected chi connectivity index (χ4v) is 2.39. The monoisotopic (exact) mass is 251 g/mol. The molecule has 1 aromatic carbocycles. The number of rotatable bonds is 1. The summed E-state index contributed by atoms with van der Waals surface area (Å²) in [6, 6.07) is 4.24. The molecule has 1 aliphatic heterocycles. The van der Waals surface area contributed by atoms with Crippen LogP contribution in [0.5, 0.6) is 0 Å². The number of hydrogen-bond acceptors (Lipinski definition) is 3. The van der Waals surface area contributed by atoms with Gasteiger partial charge in [0.15, 0.2) is 0 Å². The summed E-state index contributed by atoms with van der Waals surface area (Å²) in [5.41, 5.74) is 6.25. The average molecular weight is 251 g/mol. The van der Waals surface area contributed by atoms with Gasteiger partial charge in [0, 0.05) is 20.1 Å². The van der Waals surface area contributed by atoms with Gasteiger partial charge in [0.2, 0.25) is 5.91 Å². The van der Waals surface area contributed by atoms with Crippen LogP contribution in [0, 0.1) is 5.82 Å². The highest BCUT2D eigenvalue weighted by Crippen LogP contribution is 2.32. The molecule has 0 aliphatic carbocycles. The lowest BCUT2D eigenvalue weighted by molar-refractivity contribution is -0.136. The van der Waals surface area contributed by atoms with Gasteiger partial charge in [-0.1, -0.05) is 0 Å². The van der Waals surface area contributed by atoms with Crippen molar-refractivity contribution in [1.82, 2.24) is 4.90 Å². The fraction of sp³-hybridized carbons (Fsp3) is 0.462. The van der Waals surface area contributed by atoms with Crippen LogP contribution in [0.3, 0.4) is 0 Å². The van der Waals surface area contributed by atoms with Crippen molar-refractivity contribution in [3.05, 3.63) is 24.0 Å². The van der Waals surface area contributed by atoms with Crippen LogP contribution in [0.1, 0.15) is 13.8 Å². The summed E-state index contributed by atoms with van der Waals surface area (Å²) in [6.07, 6.45) is 0. The molecule has 98 valence electrons. The molecule has 0 spiro atoms. The van der Waals surface area contributed by atoms with E-state index in [1.165, 1.54) is 18.2 Å². The molecule has 0 atom stereocenters. The zero-order valence-corrected chi connectivity index (χ0v) is 10.9. The van der Waals surface area contributed by atoms with Gasteiger partial charge in [-0.15, -0.1) is 0 Å². The maximum absolute atomic E-state index is 13.4. The van der Waals surface area contributed by atoms with E-state index in [0.717, 1.165) is 0 Å². The number of hydrogen-bond donors (Lipinski definition) is 1. The second-order valence-electron chi connectivity index (χ2n) is 5.14. The van der Waals surface area contributed by atoms with Crippen molar-refractivity contribution >= 4 is 17.3 Å². The minimum absolute atomic E-state index is 0.0115. The Labute approximate surface area is 106 Å². The number of halogens is 1. The Hall–Kier alpha value is -1.78. The van der Waals surface area contributed by atoms with Crippen LogP contribution < -0.4 is 10.6 Å². The summed E-state index contributed by atoms with van der Waals surface area (Å²) in [6.45, 7) is 4.91. The van der Waals surface area contributed by atoms with E-state index in [2.05, 4.69) is 0 Å². The van der Waals surface area contributed by atoms with Crippen LogP contribution in [-0.2, 0) is 4.79 Å². The predicted octanol–water partition coefficient (Wildman–Crippen LogP) is 1.46. The number of nitrogens with zero attached hydrogens (tertiary/aromatic N) is 2. The van der Waals surface area contributed by atoms with Gasteiger partial charge in [0.25, 0.3) is 0 Å². The minimum Gasteiger partial charge on any atom is -0.397 e. The highest BCUT2D eigenvalue weighted by molar-refractivity contribution is 5.91. The van der Waals surface area contributed by atoms with Gasteiger partial charge in [-0.2, -0.15) is 0 Å². The topological polar surface area (TPSA) is 49.6 Å². The molecule has 4 nitrogen and oxygen atoms in total. The number of likely N-dealkylation sites (N-methyl/N-ethyl adjacent to an activating group) is 1. The number of benzene rings is 1. The molecule has 5 heteroatoms. The molecule has 18 heavy (non-hydrogen) atoms. The van der Waals surface area contributed by atoms with Crippen molar-refractivity contribution in [3.63, 3.8) is 0 Å². The van der Waals surface area contributed by atoms with Crippen molar-refractivity contribution in [2.24, 2.45) is 0 Å². The van der Waals surface area contributed by atoms with Crippen LogP contribution in [0.25, 0.3) is 0 Å². The van der Waals surface area contributed by atoms with E-state index in [1.807, 2.05) is 18.7 Å². The SMILES string of the molecule is CN1CCN(c2cc(F)ccc2N)C(C)(C)C1=O. The van der Waals surface area contributed by atoms with Gasteiger partial charge >= 0.3 is 0 Å². The standard InChI is InChI=1S/C13H18FN3O/c1-13(2)12(18)16(3)6-7-17(13)11-8-9(14)4-5-10(11)15/h4-5,8H,6-7,15H2,1-3H3. The Morgan fingerprint density at radius 1 is 1.33 bits per heavy atom. The number of anilines is 2. The second kappa shape index (κ2) is 4.15. The predicted molar refractivity (Wildman–Crippen MR) is 69.9 cm³/mol. The normalized spacial score (nSPS) is 19.2. The van der Waals surface area contributed by atoms with E-state index in [4.69, 9.17) is 5.73 Å². The first-order chi connectivity index (χ1) is 8.34. The zero-order valence-electron chi connectivity index (χ0n) is 10.9. The quantitative estimate of drug-likeness (QED) is 0.769. The number of nitrogens with two attached hydrogens (primary N) is 1. The molecule has 1 amide bonds. The third-order valence-corrected chi connectivity index (χ3v) is 3.49. The van der Waals surface area contributed by atoms with Crippen LogP contribution in [0.15, 0.2) is 18.2 Å². The first-order valence-corrected chi connectivity index (χ1v) is 5.92. The van der Waals surface area contributed by atoms with Crippen molar-refractivity contribution in [2.75, 3.05) is 30.8 Å². The first kappa shape index (κ1) is 12.7. The van der Waals surface area contributed by atoms with E-state index >= 15 is 0 Å². The number of piperazine rings is 1. The molecule has 0 unspecified atom stereocenters. The molecule has 0 aromatic heterocycles. The van der Waals surface area contributed by atoms with Crippen LogP contribution in [0.2, 0.25) is 0 Å². The molecule has 1 heterocycles. The van der Waals surface area contributed by atoms with Crippen molar-refractivity contribution < 1.29 is 9.18 Å². The van der Waals surface area contributed by atoms with Crippen molar-refractivity contribution in [3.8, 4) is 0 Å². The average Bonchev–Trinajstić information content (AvgIpc) is 2.30. The number of carbonyl (C=O) groups excluding carboxylic acids is 1. The molecule has 2 rings (SSSR count). The molecule has 1 aromatic rings. The van der Waals surface area contributed by atoms with E-state index in [0.29, 0.717) is 24.5 Å². The molecule has 0 bridgehead atoms. The van der Waals surface area contributed by atoms with Gasteiger partial charge in [-0.05, 0) is 32.0 Å². The number of nitrogen functional groups attached to an aromatic ring is 1. The first-order valence-electron chi connectivity index (χ1n) is 5.92. The molecule has 0 saturated carbocycles. The van der Waals surface area contributed by atoms with Gasteiger partial charge in [-0.25, -0.2) is 4.39 Å². The van der Waals surface area contributed by atoms with Crippen molar-refractivity contribution in [2.45, 2.75) is 19.4 Å². The molecule has 1 fully saturated rings. The second-order valence-corrected chi connectivity index (χ2v) is 5.14. The lowest BCUT2D eigenvalue weighted by Crippen LogP contribution is -2.62. The number of amides is 1. The third kappa shape index (κ3) is 1.89. The maximum Gasteiger partial charge on any atom is 0.247 e. The van der Waals surface area contributed by atoms with Gasteiger partial charge in [0.1, 0.15) is 11.4 Å². The summed E-state index contributed by atoms with van der Waals surface area (Å²) < 4.78 is 13.4. The van der Waals surface area contributed by atoms with E-state index < -0.39 is 5.54 Å². The Bertz CT molecular complexity index is 487. The largest absolute Gasteiger partial charge is 0.397 e. The highest BCUT2D eigenvalue weighted by Gasteiger charge is 2.41. The smallest absolute Gasteiger partial charge is 0.247 e. The van der Waals surface area contributed by atoms with E-state index in [9.17, 15) is 9.18 Å². The fourth-order valence-electron chi connectivity index (χ4n) is 2.39. The summed E-state index contributed by atoms with van der Waals surface area (Å²) in [7, 11) is 1.77. The molecule has 1 saturated heterocycles. The van der Waals surface area contributed by atoms with Gasteiger partial charge < -0.3 is 15.5 Å². The van der Waals surface area contributed by atoms with E-state index in [1.54, 1.807) is 11.9 Å². The highest BCUT2D eigenvalue weighted by atomic mass is 19.1. The Morgan fingerprint density at radius 2 is 2.00 bits per heavy atom. The molecule has 0 radical (unpaired) electrons. The van der Waals surface area contributed by atoms with Gasteiger partial charge in [-0.3, -0.25) is 4.79 Å². The summed E-state index contributed by atoms with van der Waals surface area (Å²) in [5, 5.41) is 0. The third-order valence-electron chi connectivity index (χ3n) is 3.49. The van der Waals surface area contributed by atoms with Gasteiger partial charge in [0.05, 0.1) is 11.4 Å². The molecule has 2 N–H and O–H groups in total. The van der Waals surface area contributed by atoms with Crippen LogP contribution >= 0.6 is 0 Å². The zero-order chi connectivity index (χ0) is 13.5. The summed E-state index contributed by atoms with van der Waals surface area (Å²) in [4.78, 5) is 15.7. The van der Waals surface area contributed by atoms with Crippen LogP contribution in [-0.4, -0.2) is 36.5 Å². The molecule has 1 aliphatic rings. The number of carbonyl (C=O) groups is 1. The maximum atomic E-state index is 13.4. The Balaban J connectivity index is 2.44. The lowest BCUT2D eigenvalue weighted by Gasteiger charge is -2.46.